The highest BCUT2D eigenvalue weighted by Crippen LogP contribution is 2.08. The van der Waals surface area contributed by atoms with Gasteiger partial charge in [-0.15, -0.1) is 0 Å². The van der Waals surface area contributed by atoms with E-state index in [1.54, 1.807) is 6.92 Å². The molecule has 0 saturated carbocycles. The predicted octanol–water partition coefficient (Wildman–Crippen LogP) is -0.363. The first-order chi connectivity index (χ1) is 5.59. The fourth-order valence-electron chi connectivity index (χ4n) is 0.858. The summed E-state index contributed by atoms with van der Waals surface area (Å²) in [7, 11) is 0. The highest BCUT2D eigenvalue weighted by molar-refractivity contribution is 7.74. The molecule has 7 heteroatoms. The number of ether oxygens (including phenoxy) is 1. The maximum Gasteiger partial charge on any atom is 0.407 e. The van der Waals surface area contributed by atoms with E-state index < -0.39 is 29.7 Å². The zero-order valence-electron chi connectivity index (χ0n) is 6.35. The van der Waals surface area contributed by atoms with E-state index in [2.05, 4.69) is 9.50 Å². The summed E-state index contributed by atoms with van der Waals surface area (Å²) in [5, 5.41) is 2.40. The molecule has 1 aliphatic heterocycles. The number of carbonyl (C=O) groups excluding carboxylic acids is 1. The molecule has 0 aromatic carbocycles. The first-order valence-electron chi connectivity index (χ1n) is 3.32. The number of hydrogen-bond acceptors (Lipinski definition) is 4. The molecule has 1 rings (SSSR count). The Morgan fingerprint density at radius 1 is 1.92 bits per heavy atom. The SMILES string of the molecule is CC(OS(=O)O)C1CNC(=O)O1. The minimum Gasteiger partial charge on any atom is -0.442 e. The molecule has 3 atom stereocenters. The van der Waals surface area contributed by atoms with Crippen LogP contribution in [0.3, 0.4) is 0 Å². The van der Waals surface area contributed by atoms with E-state index >= 15 is 0 Å². The second kappa shape index (κ2) is 3.83. The average molecular weight is 195 g/mol. The van der Waals surface area contributed by atoms with Gasteiger partial charge in [0.25, 0.3) is 0 Å². The molecule has 2 N–H and O–H groups in total. The normalized spacial score (nSPS) is 27.5. The van der Waals surface area contributed by atoms with Crippen molar-refractivity contribution in [2.75, 3.05) is 6.54 Å². The lowest BCUT2D eigenvalue weighted by Gasteiger charge is -2.13. The van der Waals surface area contributed by atoms with Crippen LogP contribution >= 0.6 is 0 Å². The summed E-state index contributed by atoms with van der Waals surface area (Å²) in [5.74, 6) is 0. The standard InChI is InChI=1S/C5H9NO5S/c1-3(11-12(8)9)4-2-6-5(7)10-4/h3-4H,2H2,1H3,(H,6,7)(H,8,9). The van der Waals surface area contributed by atoms with Crippen molar-refractivity contribution in [2.45, 2.75) is 19.1 Å². The molecular formula is C5H9NO5S. The Morgan fingerprint density at radius 3 is 3.00 bits per heavy atom. The molecule has 0 aliphatic carbocycles. The van der Waals surface area contributed by atoms with Gasteiger partial charge in [0.15, 0.2) is 0 Å². The maximum absolute atomic E-state index is 10.5. The largest absolute Gasteiger partial charge is 0.442 e. The van der Waals surface area contributed by atoms with Gasteiger partial charge in [0.2, 0.25) is 0 Å². The van der Waals surface area contributed by atoms with Crippen molar-refractivity contribution >= 4 is 17.5 Å². The van der Waals surface area contributed by atoms with Crippen LogP contribution in [0, 0.1) is 0 Å². The van der Waals surface area contributed by atoms with E-state index in [1.165, 1.54) is 0 Å². The summed E-state index contributed by atoms with van der Waals surface area (Å²) < 4.78 is 27.7. The molecule has 0 aromatic rings. The number of cyclic esters (lactones) is 1. The third-order valence-corrected chi connectivity index (χ3v) is 1.93. The van der Waals surface area contributed by atoms with Crippen LogP contribution in [-0.4, -0.2) is 33.6 Å². The van der Waals surface area contributed by atoms with Crippen molar-refractivity contribution in [3.8, 4) is 0 Å². The van der Waals surface area contributed by atoms with Gasteiger partial charge in [-0.2, -0.15) is 4.21 Å². The molecule has 1 heterocycles. The molecule has 0 bridgehead atoms. The molecular weight excluding hydrogens is 186 g/mol. The van der Waals surface area contributed by atoms with Crippen LogP contribution in [0.15, 0.2) is 0 Å². The molecule has 3 unspecified atom stereocenters. The van der Waals surface area contributed by atoms with Crippen LogP contribution < -0.4 is 5.32 Å². The Bertz CT molecular complexity index is 208. The Balaban J connectivity index is 2.37. The number of hydrogen-bond donors (Lipinski definition) is 2. The zero-order chi connectivity index (χ0) is 9.14. The smallest absolute Gasteiger partial charge is 0.407 e. The summed E-state index contributed by atoms with van der Waals surface area (Å²) >= 11 is -2.32. The van der Waals surface area contributed by atoms with Crippen molar-refractivity contribution in [1.29, 1.82) is 0 Å². The van der Waals surface area contributed by atoms with Crippen LogP contribution in [0.4, 0.5) is 4.79 Å². The van der Waals surface area contributed by atoms with Crippen LogP contribution in [0.2, 0.25) is 0 Å². The predicted molar refractivity (Wildman–Crippen MR) is 39.6 cm³/mol. The molecule has 0 radical (unpaired) electrons. The second-order valence-corrected chi connectivity index (χ2v) is 2.97. The number of carbonyl (C=O) groups is 1. The van der Waals surface area contributed by atoms with Crippen LogP contribution in [0.1, 0.15) is 6.92 Å². The highest BCUT2D eigenvalue weighted by Gasteiger charge is 2.29. The molecule has 1 fully saturated rings. The Hall–Kier alpha value is -0.660. The third kappa shape index (κ3) is 2.43. The molecule has 1 amide bonds. The third-order valence-electron chi connectivity index (χ3n) is 1.46. The fourth-order valence-corrected chi connectivity index (χ4v) is 1.24. The first kappa shape index (κ1) is 9.43. The van der Waals surface area contributed by atoms with E-state index in [0.29, 0.717) is 6.54 Å². The monoisotopic (exact) mass is 195 g/mol. The average Bonchev–Trinajstić information content (AvgIpc) is 2.34. The van der Waals surface area contributed by atoms with E-state index in [0.717, 1.165) is 0 Å². The maximum atomic E-state index is 10.5. The lowest BCUT2D eigenvalue weighted by atomic mass is 10.2. The van der Waals surface area contributed by atoms with Crippen LogP contribution in [0.5, 0.6) is 0 Å². The van der Waals surface area contributed by atoms with Crippen molar-refractivity contribution in [3.05, 3.63) is 0 Å². The fraction of sp³-hybridized carbons (Fsp3) is 0.800. The van der Waals surface area contributed by atoms with Gasteiger partial charge in [0.1, 0.15) is 12.2 Å². The lowest BCUT2D eigenvalue weighted by molar-refractivity contribution is 0.0602. The van der Waals surface area contributed by atoms with Crippen molar-refractivity contribution < 1.29 is 22.5 Å². The molecule has 1 aliphatic rings. The molecule has 6 nitrogen and oxygen atoms in total. The van der Waals surface area contributed by atoms with E-state index in [4.69, 9.17) is 9.29 Å². The zero-order valence-corrected chi connectivity index (χ0v) is 7.17. The van der Waals surface area contributed by atoms with Crippen molar-refractivity contribution in [2.24, 2.45) is 0 Å². The second-order valence-electron chi connectivity index (χ2n) is 2.34. The van der Waals surface area contributed by atoms with Gasteiger partial charge in [-0.05, 0) is 6.92 Å². The Morgan fingerprint density at radius 2 is 2.58 bits per heavy atom. The molecule has 12 heavy (non-hydrogen) atoms. The van der Waals surface area contributed by atoms with Gasteiger partial charge in [-0.25, -0.2) is 4.79 Å². The lowest BCUT2D eigenvalue weighted by Crippen LogP contribution is -2.29. The van der Waals surface area contributed by atoms with E-state index in [-0.39, 0.29) is 0 Å². The summed E-state index contributed by atoms with van der Waals surface area (Å²) in [4.78, 5) is 10.5. The number of alkyl carbamates (subject to hydrolysis) is 1. The topological polar surface area (TPSA) is 84.9 Å². The minimum absolute atomic E-state index is 0.303. The number of nitrogens with one attached hydrogen (secondary N) is 1. The van der Waals surface area contributed by atoms with Gasteiger partial charge in [0, 0.05) is 0 Å². The van der Waals surface area contributed by atoms with Gasteiger partial charge >= 0.3 is 17.5 Å². The number of rotatable bonds is 3. The summed E-state index contributed by atoms with van der Waals surface area (Å²) in [6.45, 7) is 1.86. The first-order valence-corrected chi connectivity index (χ1v) is 4.35. The molecule has 1 saturated heterocycles. The van der Waals surface area contributed by atoms with E-state index in [9.17, 15) is 9.00 Å². The van der Waals surface area contributed by atoms with E-state index in [1.807, 2.05) is 0 Å². The highest BCUT2D eigenvalue weighted by atomic mass is 32.2. The van der Waals surface area contributed by atoms with Gasteiger partial charge < -0.3 is 10.1 Å². The van der Waals surface area contributed by atoms with Crippen molar-refractivity contribution in [3.63, 3.8) is 0 Å². The van der Waals surface area contributed by atoms with Crippen LogP contribution in [0.25, 0.3) is 0 Å². The van der Waals surface area contributed by atoms with Gasteiger partial charge in [-0.1, -0.05) is 0 Å². The number of amides is 1. The molecule has 0 spiro atoms. The van der Waals surface area contributed by atoms with Gasteiger partial charge in [0.05, 0.1) is 6.54 Å². The quantitative estimate of drug-likeness (QED) is 0.600. The summed E-state index contributed by atoms with van der Waals surface area (Å²) in [6.07, 6.45) is -1.61. The summed E-state index contributed by atoms with van der Waals surface area (Å²) in [5.41, 5.74) is 0. The van der Waals surface area contributed by atoms with Crippen LogP contribution in [-0.2, 0) is 20.3 Å². The summed E-state index contributed by atoms with van der Waals surface area (Å²) in [6, 6.07) is 0. The van der Waals surface area contributed by atoms with Crippen molar-refractivity contribution in [1.82, 2.24) is 5.32 Å². The molecule has 70 valence electrons. The Kier molecular flexibility index (Phi) is 3.01. The minimum atomic E-state index is -2.32. The van der Waals surface area contributed by atoms with Gasteiger partial charge in [-0.3, -0.25) is 8.74 Å². The Labute approximate surface area is 71.7 Å². The molecule has 0 aromatic heterocycles.